The highest BCUT2D eigenvalue weighted by molar-refractivity contribution is 7.80. The van der Waals surface area contributed by atoms with Crippen molar-refractivity contribution in [1.29, 1.82) is 0 Å². The van der Waals surface area contributed by atoms with Crippen LogP contribution in [0.15, 0.2) is 29.4 Å². The smallest absolute Gasteiger partial charge is 0.374 e. The van der Waals surface area contributed by atoms with Gasteiger partial charge >= 0.3 is 6.18 Å². The van der Waals surface area contributed by atoms with Crippen LogP contribution in [0.3, 0.4) is 0 Å². The number of hydrazine groups is 1. The van der Waals surface area contributed by atoms with Crippen LogP contribution < -0.4 is 16.6 Å². The zero-order chi connectivity index (χ0) is 16.5. The van der Waals surface area contributed by atoms with Crippen molar-refractivity contribution in [2.75, 3.05) is 5.43 Å². The third-order valence-corrected chi connectivity index (χ3v) is 3.10. The van der Waals surface area contributed by atoms with Crippen LogP contribution in [0.1, 0.15) is 12.5 Å². The van der Waals surface area contributed by atoms with Gasteiger partial charge in [-0.05, 0) is 31.3 Å². The normalized spacial score (nSPS) is 18.4. The number of amides is 1. The maximum atomic E-state index is 12.9. The fourth-order valence-electron chi connectivity index (χ4n) is 1.88. The van der Waals surface area contributed by atoms with Crippen molar-refractivity contribution in [2.24, 2.45) is 10.8 Å². The average molecular weight is 331 g/mol. The molecule has 0 fully saturated rings. The highest BCUT2D eigenvalue weighted by Gasteiger charge is 2.36. The van der Waals surface area contributed by atoms with Gasteiger partial charge in [-0.3, -0.25) is 4.79 Å². The van der Waals surface area contributed by atoms with E-state index in [4.69, 9.17) is 5.73 Å². The van der Waals surface area contributed by atoms with E-state index in [-0.39, 0.29) is 10.8 Å². The molecule has 4 N–H and O–H groups in total. The number of anilines is 1. The van der Waals surface area contributed by atoms with Gasteiger partial charge in [-0.15, -0.1) is 0 Å². The van der Waals surface area contributed by atoms with Gasteiger partial charge in [0.15, 0.2) is 5.11 Å². The second-order valence-corrected chi connectivity index (χ2v) is 4.89. The first-order chi connectivity index (χ1) is 10.2. The Hall–Kier alpha value is -2.20. The molecule has 1 heterocycles. The highest BCUT2D eigenvalue weighted by atomic mass is 32.1. The summed E-state index contributed by atoms with van der Waals surface area (Å²) in [5.74, 6) is -0.568. The Morgan fingerprint density at radius 1 is 1.41 bits per heavy atom. The van der Waals surface area contributed by atoms with E-state index in [2.05, 4.69) is 28.2 Å². The number of para-hydroxylation sites is 1. The number of nitrogens with zero attached hydrogens (tertiary/aromatic N) is 2. The quantitative estimate of drug-likeness (QED) is 0.577. The van der Waals surface area contributed by atoms with E-state index in [0.717, 1.165) is 11.1 Å². The molecule has 1 aromatic rings. The Morgan fingerprint density at radius 2 is 2.05 bits per heavy atom. The molecule has 0 bridgehead atoms. The second kappa shape index (κ2) is 5.89. The van der Waals surface area contributed by atoms with Crippen LogP contribution in [0, 0.1) is 0 Å². The lowest BCUT2D eigenvalue weighted by atomic mass is 10.1. The zero-order valence-electron chi connectivity index (χ0n) is 11.3. The van der Waals surface area contributed by atoms with Crippen LogP contribution in [-0.2, 0) is 11.0 Å². The Balaban J connectivity index is 2.14. The van der Waals surface area contributed by atoms with Gasteiger partial charge in [-0.25, -0.2) is 5.43 Å². The third-order valence-electron chi connectivity index (χ3n) is 2.92. The molecule has 1 unspecified atom stereocenters. The SMILES string of the molecule is CC1=NN(C(N)=S)C(=O)C1NNc1ccccc1C(F)(F)F. The molecule has 0 spiro atoms. The largest absolute Gasteiger partial charge is 0.418 e. The minimum atomic E-state index is -4.51. The van der Waals surface area contributed by atoms with E-state index in [9.17, 15) is 18.0 Å². The topological polar surface area (TPSA) is 82.8 Å². The highest BCUT2D eigenvalue weighted by Crippen LogP contribution is 2.34. The zero-order valence-corrected chi connectivity index (χ0v) is 12.1. The van der Waals surface area contributed by atoms with Crippen LogP contribution in [0.5, 0.6) is 0 Å². The molecule has 1 aliphatic heterocycles. The lowest BCUT2D eigenvalue weighted by Crippen LogP contribution is -2.47. The van der Waals surface area contributed by atoms with Crippen LogP contribution >= 0.6 is 12.2 Å². The number of halogens is 3. The molecule has 0 saturated carbocycles. The number of nitrogens with two attached hydrogens (primary N) is 1. The summed E-state index contributed by atoms with van der Waals surface area (Å²) >= 11 is 4.66. The summed E-state index contributed by atoms with van der Waals surface area (Å²) in [5.41, 5.74) is 9.51. The number of benzene rings is 1. The minimum Gasteiger partial charge on any atom is -0.374 e. The molecule has 1 aliphatic rings. The van der Waals surface area contributed by atoms with Gasteiger partial charge in [0, 0.05) is 0 Å². The number of hydrogen-bond acceptors (Lipinski definition) is 5. The van der Waals surface area contributed by atoms with Gasteiger partial charge in [-0.2, -0.15) is 23.3 Å². The summed E-state index contributed by atoms with van der Waals surface area (Å²) in [6, 6.07) is 3.94. The number of thiocarbonyl (C=S) groups is 1. The van der Waals surface area contributed by atoms with Crippen molar-refractivity contribution in [3.05, 3.63) is 29.8 Å². The van der Waals surface area contributed by atoms with Crippen molar-refractivity contribution < 1.29 is 18.0 Å². The number of carbonyl (C=O) groups is 1. The van der Waals surface area contributed by atoms with Crippen molar-refractivity contribution in [3.8, 4) is 0 Å². The summed E-state index contributed by atoms with van der Waals surface area (Å²) in [7, 11) is 0. The van der Waals surface area contributed by atoms with Gasteiger partial charge < -0.3 is 11.2 Å². The van der Waals surface area contributed by atoms with Crippen LogP contribution in [0.4, 0.5) is 18.9 Å². The molecule has 0 saturated heterocycles. The Labute approximate surface area is 129 Å². The Bertz CT molecular complexity index is 646. The fraction of sp³-hybridized carbons (Fsp3) is 0.250. The molecular formula is C12H12F3N5OS. The van der Waals surface area contributed by atoms with Gasteiger partial charge in [0.1, 0.15) is 6.04 Å². The predicted molar refractivity (Wildman–Crippen MR) is 78.7 cm³/mol. The minimum absolute atomic E-state index is 0.204. The van der Waals surface area contributed by atoms with Gasteiger partial charge in [-0.1, -0.05) is 12.1 Å². The average Bonchev–Trinajstić information content (AvgIpc) is 2.71. The van der Waals surface area contributed by atoms with E-state index in [1.165, 1.54) is 25.1 Å². The number of hydrazone groups is 1. The molecule has 1 atom stereocenters. The van der Waals surface area contributed by atoms with Crippen LogP contribution in [0.25, 0.3) is 0 Å². The van der Waals surface area contributed by atoms with Crippen LogP contribution in [-0.4, -0.2) is 27.8 Å². The summed E-state index contributed by atoms with van der Waals surface area (Å²) < 4.78 is 38.6. The number of alkyl halides is 3. The van der Waals surface area contributed by atoms with Crippen molar-refractivity contribution >= 4 is 34.6 Å². The number of nitrogens with one attached hydrogen (secondary N) is 2. The summed E-state index contributed by atoms with van der Waals surface area (Å²) in [5, 5.41) is 4.43. The summed E-state index contributed by atoms with van der Waals surface area (Å²) in [6.45, 7) is 1.53. The molecule has 6 nitrogen and oxygen atoms in total. The molecule has 1 aromatic carbocycles. The van der Waals surface area contributed by atoms with E-state index in [1.807, 2.05) is 0 Å². The molecule has 118 valence electrons. The summed E-state index contributed by atoms with van der Waals surface area (Å²) in [4.78, 5) is 12.0. The molecule has 0 aromatic heterocycles. The number of carbonyl (C=O) groups excluding carboxylic acids is 1. The molecule has 2 rings (SSSR count). The molecule has 10 heteroatoms. The third kappa shape index (κ3) is 3.17. The van der Waals surface area contributed by atoms with Gasteiger partial charge in [0.2, 0.25) is 0 Å². The predicted octanol–water partition coefficient (Wildman–Crippen LogP) is 1.45. The Morgan fingerprint density at radius 3 is 2.59 bits per heavy atom. The van der Waals surface area contributed by atoms with Crippen molar-refractivity contribution in [1.82, 2.24) is 10.4 Å². The maximum Gasteiger partial charge on any atom is 0.418 e. The summed E-state index contributed by atoms with van der Waals surface area (Å²) in [6.07, 6.45) is -4.51. The first kappa shape index (κ1) is 16.2. The van der Waals surface area contributed by atoms with Gasteiger partial charge in [0.05, 0.1) is 17.0 Å². The first-order valence-corrected chi connectivity index (χ1v) is 6.49. The molecule has 1 amide bonds. The van der Waals surface area contributed by atoms with E-state index in [1.54, 1.807) is 0 Å². The molecule has 0 radical (unpaired) electrons. The molecule has 22 heavy (non-hydrogen) atoms. The standard InChI is InChI=1S/C12H12F3N5OS/c1-6-9(10(21)20(19-6)11(16)22)18-17-8-5-3-2-4-7(8)12(13,14)15/h2-5,9,17-18H,1H3,(H2,16,22). The van der Waals surface area contributed by atoms with E-state index in [0.29, 0.717) is 5.71 Å². The maximum absolute atomic E-state index is 12.9. The van der Waals surface area contributed by atoms with Gasteiger partial charge in [0.25, 0.3) is 5.91 Å². The first-order valence-electron chi connectivity index (χ1n) is 6.08. The van der Waals surface area contributed by atoms with Crippen molar-refractivity contribution in [3.63, 3.8) is 0 Å². The van der Waals surface area contributed by atoms with Crippen molar-refractivity contribution in [2.45, 2.75) is 19.1 Å². The molecule has 0 aliphatic carbocycles. The fourth-order valence-corrected chi connectivity index (χ4v) is 2.01. The van der Waals surface area contributed by atoms with E-state index < -0.39 is 23.7 Å². The monoisotopic (exact) mass is 331 g/mol. The lowest BCUT2D eigenvalue weighted by molar-refractivity contribution is -0.137. The van der Waals surface area contributed by atoms with E-state index >= 15 is 0 Å². The number of rotatable bonds is 3. The number of hydrogen-bond donors (Lipinski definition) is 3. The lowest BCUT2D eigenvalue weighted by Gasteiger charge is -2.18. The van der Waals surface area contributed by atoms with Crippen LogP contribution in [0.2, 0.25) is 0 Å². The second-order valence-electron chi connectivity index (χ2n) is 4.48. The Kier molecular flexibility index (Phi) is 4.33. The molecular weight excluding hydrogens is 319 g/mol.